The fourth-order valence-electron chi connectivity index (χ4n) is 3.42. The van der Waals surface area contributed by atoms with Gasteiger partial charge in [-0.3, -0.25) is 4.79 Å². The van der Waals surface area contributed by atoms with Crippen LogP contribution in [0.4, 0.5) is 5.69 Å². The predicted octanol–water partition coefficient (Wildman–Crippen LogP) is 4.25. The Bertz CT molecular complexity index is 1060. The van der Waals surface area contributed by atoms with Gasteiger partial charge >= 0.3 is 5.97 Å². The number of aromatic carboxylic acids is 1. The molecule has 0 bridgehead atoms. The van der Waals surface area contributed by atoms with Crippen LogP contribution in [0, 0.1) is 5.92 Å². The number of nitrogens with one attached hydrogen (secondary N) is 1. The molecule has 8 heteroatoms. The lowest BCUT2D eigenvalue weighted by molar-refractivity contribution is -0.113. The smallest absolute Gasteiger partial charge is 0.335 e. The number of anilines is 1. The van der Waals surface area contributed by atoms with Crippen molar-refractivity contribution in [3.05, 3.63) is 46.6 Å². The van der Waals surface area contributed by atoms with Gasteiger partial charge in [0, 0.05) is 16.0 Å². The van der Waals surface area contributed by atoms with Crippen LogP contribution in [0.3, 0.4) is 0 Å². The Hall–Kier alpha value is -2.45. The molecule has 1 aliphatic carbocycles. The summed E-state index contributed by atoms with van der Waals surface area (Å²) in [6.45, 7) is 2.28. The highest BCUT2D eigenvalue weighted by molar-refractivity contribution is 8.00. The van der Waals surface area contributed by atoms with Gasteiger partial charge in [-0.2, -0.15) is 0 Å². The van der Waals surface area contributed by atoms with Crippen LogP contribution in [0.15, 0.2) is 35.6 Å². The Morgan fingerprint density at radius 3 is 3.04 bits per heavy atom. The molecule has 0 fully saturated rings. The van der Waals surface area contributed by atoms with Crippen molar-refractivity contribution in [3.63, 3.8) is 0 Å². The summed E-state index contributed by atoms with van der Waals surface area (Å²) in [6, 6.07) is 6.22. The second kappa shape index (κ2) is 7.89. The molecule has 0 saturated heterocycles. The Morgan fingerprint density at radius 2 is 2.21 bits per heavy atom. The lowest BCUT2D eigenvalue weighted by atomic mass is 9.89. The van der Waals surface area contributed by atoms with Crippen LogP contribution in [0.1, 0.15) is 34.1 Å². The number of hydrogen-bond donors (Lipinski definition) is 2. The molecule has 0 radical (unpaired) electrons. The standard InChI is InChI=1S/C20H19N3O3S2/c1-11-5-6-14-15(7-11)28-19-17(14)18(21-10-22-19)27-9-16(24)23-13-4-2-3-12(8-13)20(25)26/h2-4,8,10-11H,5-7,9H2,1H3,(H,23,24)(H,25,26)/t11-/m0/s1. The van der Waals surface area contributed by atoms with E-state index in [2.05, 4.69) is 22.2 Å². The van der Waals surface area contributed by atoms with Crippen LogP contribution in [0.5, 0.6) is 0 Å². The van der Waals surface area contributed by atoms with Gasteiger partial charge in [-0.05, 0) is 48.9 Å². The van der Waals surface area contributed by atoms with E-state index in [0.717, 1.165) is 34.5 Å². The van der Waals surface area contributed by atoms with Gasteiger partial charge in [0.05, 0.1) is 11.3 Å². The number of amides is 1. The van der Waals surface area contributed by atoms with Gasteiger partial charge < -0.3 is 10.4 Å². The first-order valence-corrected chi connectivity index (χ1v) is 10.8. The molecule has 2 aromatic heterocycles. The number of carbonyl (C=O) groups is 2. The van der Waals surface area contributed by atoms with Crippen LogP contribution >= 0.6 is 23.1 Å². The van der Waals surface area contributed by atoms with Crippen LogP contribution in [0.2, 0.25) is 0 Å². The first kappa shape index (κ1) is 18.9. The largest absolute Gasteiger partial charge is 0.478 e. The molecular formula is C20H19N3O3S2. The third-order valence-corrected chi connectivity index (χ3v) is 6.94. The van der Waals surface area contributed by atoms with E-state index in [1.165, 1.54) is 34.3 Å². The van der Waals surface area contributed by atoms with Gasteiger partial charge in [0.15, 0.2) is 0 Å². The summed E-state index contributed by atoms with van der Waals surface area (Å²) in [4.78, 5) is 34.6. The minimum Gasteiger partial charge on any atom is -0.478 e. The van der Waals surface area contributed by atoms with E-state index in [-0.39, 0.29) is 17.2 Å². The normalized spacial score (nSPS) is 16.0. The zero-order chi connectivity index (χ0) is 19.7. The maximum Gasteiger partial charge on any atom is 0.335 e. The number of carboxylic acids is 1. The fraction of sp³-hybridized carbons (Fsp3) is 0.300. The van der Waals surface area contributed by atoms with Crippen molar-refractivity contribution in [2.75, 3.05) is 11.1 Å². The van der Waals surface area contributed by atoms with Gasteiger partial charge in [0.1, 0.15) is 16.2 Å². The van der Waals surface area contributed by atoms with E-state index < -0.39 is 5.97 Å². The molecular weight excluding hydrogens is 394 g/mol. The number of carboxylic acid groups (broad SMARTS) is 1. The quantitative estimate of drug-likeness (QED) is 0.480. The Balaban J connectivity index is 1.49. The summed E-state index contributed by atoms with van der Waals surface area (Å²) in [5, 5.41) is 13.7. The molecule has 2 heterocycles. The van der Waals surface area contributed by atoms with Crippen molar-refractivity contribution < 1.29 is 14.7 Å². The Morgan fingerprint density at radius 1 is 1.36 bits per heavy atom. The lowest BCUT2D eigenvalue weighted by Gasteiger charge is -2.18. The average Bonchev–Trinajstić information content (AvgIpc) is 3.04. The number of thioether (sulfide) groups is 1. The van der Waals surface area contributed by atoms with Crippen LogP contribution < -0.4 is 5.32 Å². The maximum atomic E-state index is 12.4. The number of fused-ring (bicyclic) bond motifs is 3. The lowest BCUT2D eigenvalue weighted by Crippen LogP contribution is -2.14. The summed E-state index contributed by atoms with van der Waals surface area (Å²) in [6.07, 6.45) is 4.84. The molecule has 0 spiro atoms. The summed E-state index contributed by atoms with van der Waals surface area (Å²) in [5.41, 5.74) is 1.96. The average molecular weight is 414 g/mol. The number of hydrogen-bond acceptors (Lipinski definition) is 6. The maximum absolute atomic E-state index is 12.4. The number of aromatic nitrogens is 2. The van der Waals surface area contributed by atoms with Crippen LogP contribution in [-0.2, 0) is 17.6 Å². The molecule has 1 aromatic carbocycles. The van der Waals surface area contributed by atoms with Gasteiger partial charge in [-0.25, -0.2) is 14.8 Å². The van der Waals surface area contributed by atoms with Crippen LogP contribution in [-0.4, -0.2) is 32.7 Å². The number of carbonyl (C=O) groups excluding carboxylic acids is 1. The Labute approximate surface area is 170 Å². The Kier molecular flexibility index (Phi) is 5.32. The summed E-state index contributed by atoms with van der Waals surface area (Å²) < 4.78 is 0. The molecule has 1 atom stereocenters. The molecule has 3 aromatic rings. The summed E-state index contributed by atoms with van der Waals surface area (Å²) in [7, 11) is 0. The molecule has 0 unspecified atom stereocenters. The molecule has 144 valence electrons. The SMILES string of the molecule is C[C@H]1CCc2c(sc3ncnc(SCC(=O)Nc4cccc(C(=O)O)c4)c23)C1. The first-order chi connectivity index (χ1) is 13.5. The number of benzene rings is 1. The number of nitrogens with zero attached hydrogens (tertiary/aromatic N) is 2. The molecule has 0 saturated carbocycles. The second-order valence-electron chi connectivity index (χ2n) is 6.93. The van der Waals surface area contributed by atoms with Crippen molar-refractivity contribution in [1.82, 2.24) is 9.97 Å². The van der Waals surface area contributed by atoms with E-state index in [1.807, 2.05) is 0 Å². The minimum absolute atomic E-state index is 0.141. The highest BCUT2D eigenvalue weighted by Crippen LogP contribution is 2.40. The molecule has 4 rings (SSSR count). The first-order valence-electron chi connectivity index (χ1n) is 9.02. The molecule has 0 aliphatic heterocycles. The number of thiophene rings is 1. The van der Waals surface area contributed by atoms with Crippen molar-refractivity contribution in [2.24, 2.45) is 5.92 Å². The molecule has 28 heavy (non-hydrogen) atoms. The van der Waals surface area contributed by atoms with Gasteiger partial charge in [-0.1, -0.05) is 24.8 Å². The molecule has 1 amide bonds. The molecule has 6 nitrogen and oxygen atoms in total. The second-order valence-corrected chi connectivity index (χ2v) is 8.98. The number of rotatable bonds is 5. The number of aryl methyl sites for hydroxylation is 1. The monoisotopic (exact) mass is 413 g/mol. The van der Waals surface area contributed by atoms with E-state index in [0.29, 0.717) is 11.6 Å². The predicted molar refractivity (Wildman–Crippen MR) is 111 cm³/mol. The third-order valence-electron chi connectivity index (χ3n) is 4.79. The minimum atomic E-state index is -1.02. The van der Waals surface area contributed by atoms with Crippen molar-refractivity contribution in [3.8, 4) is 0 Å². The fourth-order valence-corrected chi connectivity index (χ4v) is 5.66. The zero-order valence-electron chi connectivity index (χ0n) is 15.3. The highest BCUT2D eigenvalue weighted by atomic mass is 32.2. The molecule has 1 aliphatic rings. The molecule has 2 N–H and O–H groups in total. The van der Waals surface area contributed by atoms with Gasteiger partial charge in [0.2, 0.25) is 5.91 Å². The van der Waals surface area contributed by atoms with Crippen molar-refractivity contribution in [2.45, 2.75) is 31.2 Å². The van der Waals surface area contributed by atoms with Crippen molar-refractivity contribution in [1.29, 1.82) is 0 Å². The highest BCUT2D eigenvalue weighted by Gasteiger charge is 2.23. The van der Waals surface area contributed by atoms with E-state index >= 15 is 0 Å². The zero-order valence-corrected chi connectivity index (χ0v) is 16.9. The summed E-state index contributed by atoms with van der Waals surface area (Å²) in [5.74, 6) is -0.329. The third kappa shape index (κ3) is 3.88. The topological polar surface area (TPSA) is 92.2 Å². The van der Waals surface area contributed by atoms with Crippen molar-refractivity contribution >= 4 is 50.9 Å². The van der Waals surface area contributed by atoms with Gasteiger partial charge in [0.25, 0.3) is 0 Å². The van der Waals surface area contributed by atoms with E-state index in [1.54, 1.807) is 29.8 Å². The van der Waals surface area contributed by atoms with Gasteiger partial charge in [-0.15, -0.1) is 11.3 Å². The summed E-state index contributed by atoms with van der Waals surface area (Å²) >= 11 is 3.13. The van der Waals surface area contributed by atoms with E-state index in [9.17, 15) is 9.59 Å². The van der Waals surface area contributed by atoms with Crippen LogP contribution in [0.25, 0.3) is 10.2 Å². The van der Waals surface area contributed by atoms with E-state index in [4.69, 9.17) is 5.11 Å².